The van der Waals surface area contributed by atoms with Crippen molar-refractivity contribution in [2.75, 3.05) is 6.54 Å². The Morgan fingerprint density at radius 1 is 1.17 bits per heavy atom. The molecule has 1 rings (SSSR count). The standard InChI is InChI=1S/C14H19NO3/c1-14(2,3)18-13(17)10-15-12(16)9-11-7-5-4-6-8-11/h4-8H,9-10H2,1-3H3,(H,15,16). The van der Waals surface area contributed by atoms with Crippen molar-refractivity contribution in [3.05, 3.63) is 35.9 Å². The molecule has 0 radical (unpaired) electrons. The van der Waals surface area contributed by atoms with Crippen LogP contribution in [0.2, 0.25) is 0 Å². The number of rotatable bonds is 4. The molecule has 0 aromatic heterocycles. The summed E-state index contributed by atoms with van der Waals surface area (Å²) in [7, 11) is 0. The quantitative estimate of drug-likeness (QED) is 0.826. The first-order valence-electron chi connectivity index (χ1n) is 5.89. The number of carbonyl (C=O) groups is 2. The topological polar surface area (TPSA) is 55.4 Å². The first-order valence-corrected chi connectivity index (χ1v) is 5.89. The Bertz CT molecular complexity index is 407. The highest BCUT2D eigenvalue weighted by Crippen LogP contribution is 2.06. The largest absolute Gasteiger partial charge is 0.459 e. The van der Waals surface area contributed by atoms with Gasteiger partial charge in [0.1, 0.15) is 12.1 Å². The second-order valence-electron chi connectivity index (χ2n) is 5.03. The monoisotopic (exact) mass is 249 g/mol. The molecule has 1 amide bonds. The van der Waals surface area contributed by atoms with E-state index in [9.17, 15) is 9.59 Å². The molecule has 0 saturated heterocycles. The number of benzene rings is 1. The molecular formula is C14H19NO3. The highest BCUT2D eigenvalue weighted by Gasteiger charge is 2.16. The van der Waals surface area contributed by atoms with Crippen molar-refractivity contribution in [3.8, 4) is 0 Å². The van der Waals surface area contributed by atoms with Crippen LogP contribution >= 0.6 is 0 Å². The van der Waals surface area contributed by atoms with Gasteiger partial charge in [0.05, 0.1) is 6.42 Å². The van der Waals surface area contributed by atoms with E-state index in [4.69, 9.17) is 4.74 Å². The number of ether oxygens (including phenoxy) is 1. The lowest BCUT2D eigenvalue weighted by Gasteiger charge is -2.19. The lowest BCUT2D eigenvalue weighted by atomic mass is 10.1. The van der Waals surface area contributed by atoms with Gasteiger partial charge in [0.2, 0.25) is 5.91 Å². The fraction of sp³-hybridized carbons (Fsp3) is 0.429. The first-order chi connectivity index (χ1) is 8.37. The van der Waals surface area contributed by atoms with Crippen LogP contribution in [0.5, 0.6) is 0 Å². The molecule has 0 atom stereocenters. The van der Waals surface area contributed by atoms with E-state index in [1.807, 2.05) is 30.3 Å². The minimum atomic E-state index is -0.527. The summed E-state index contributed by atoms with van der Waals surface area (Å²) in [6.07, 6.45) is 0.267. The molecular weight excluding hydrogens is 230 g/mol. The predicted molar refractivity (Wildman–Crippen MR) is 69.0 cm³/mol. The van der Waals surface area contributed by atoms with Crippen LogP contribution in [0.3, 0.4) is 0 Å². The van der Waals surface area contributed by atoms with Gasteiger partial charge in [-0.05, 0) is 26.3 Å². The second kappa shape index (κ2) is 6.19. The van der Waals surface area contributed by atoms with Crippen LogP contribution in [0.1, 0.15) is 26.3 Å². The zero-order valence-corrected chi connectivity index (χ0v) is 11.0. The predicted octanol–water partition coefficient (Wildman–Crippen LogP) is 1.69. The molecule has 0 aliphatic rings. The smallest absolute Gasteiger partial charge is 0.325 e. The summed E-state index contributed by atoms with van der Waals surface area (Å²) >= 11 is 0. The van der Waals surface area contributed by atoms with E-state index >= 15 is 0 Å². The molecule has 0 spiro atoms. The van der Waals surface area contributed by atoms with Crippen LogP contribution in [0, 0.1) is 0 Å². The Kier molecular flexibility index (Phi) is 4.89. The fourth-order valence-corrected chi connectivity index (χ4v) is 1.39. The summed E-state index contributed by atoms with van der Waals surface area (Å²) in [5, 5.41) is 2.54. The molecule has 18 heavy (non-hydrogen) atoms. The second-order valence-corrected chi connectivity index (χ2v) is 5.03. The van der Waals surface area contributed by atoms with E-state index in [0.717, 1.165) is 5.56 Å². The lowest BCUT2D eigenvalue weighted by Crippen LogP contribution is -2.35. The molecule has 4 nitrogen and oxygen atoms in total. The zero-order chi connectivity index (χ0) is 13.6. The summed E-state index contributed by atoms with van der Waals surface area (Å²) in [6.45, 7) is 5.27. The van der Waals surface area contributed by atoms with Crippen LogP contribution < -0.4 is 5.32 Å². The molecule has 0 heterocycles. The van der Waals surface area contributed by atoms with Gasteiger partial charge in [-0.15, -0.1) is 0 Å². The third-order valence-electron chi connectivity index (χ3n) is 2.06. The maximum absolute atomic E-state index is 11.6. The Labute approximate surface area is 107 Å². The summed E-state index contributed by atoms with van der Waals surface area (Å²) in [6, 6.07) is 9.37. The summed E-state index contributed by atoms with van der Waals surface area (Å²) in [4.78, 5) is 22.9. The van der Waals surface area contributed by atoms with Crippen molar-refractivity contribution in [1.82, 2.24) is 5.32 Å². The van der Waals surface area contributed by atoms with Gasteiger partial charge in [0.25, 0.3) is 0 Å². The summed E-state index contributed by atoms with van der Waals surface area (Å²) in [5.41, 5.74) is 0.389. The van der Waals surface area contributed by atoms with Crippen molar-refractivity contribution >= 4 is 11.9 Å². The molecule has 0 unspecified atom stereocenters. The number of hydrogen-bond acceptors (Lipinski definition) is 3. The van der Waals surface area contributed by atoms with Crippen molar-refractivity contribution < 1.29 is 14.3 Å². The number of amides is 1. The van der Waals surface area contributed by atoms with Gasteiger partial charge in [-0.25, -0.2) is 0 Å². The number of hydrogen-bond donors (Lipinski definition) is 1. The van der Waals surface area contributed by atoms with E-state index in [-0.39, 0.29) is 18.9 Å². The Morgan fingerprint density at radius 3 is 2.33 bits per heavy atom. The van der Waals surface area contributed by atoms with E-state index < -0.39 is 11.6 Å². The van der Waals surface area contributed by atoms with Crippen LogP contribution in [-0.2, 0) is 20.7 Å². The first kappa shape index (κ1) is 14.2. The van der Waals surface area contributed by atoms with Crippen molar-refractivity contribution in [3.63, 3.8) is 0 Å². The average molecular weight is 249 g/mol. The minimum absolute atomic E-state index is 0.0943. The number of esters is 1. The van der Waals surface area contributed by atoms with Crippen LogP contribution in [0.4, 0.5) is 0 Å². The van der Waals surface area contributed by atoms with E-state index in [1.165, 1.54) is 0 Å². The SMILES string of the molecule is CC(C)(C)OC(=O)CNC(=O)Cc1ccccc1. The summed E-state index contributed by atoms with van der Waals surface area (Å²) < 4.78 is 5.08. The lowest BCUT2D eigenvalue weighted by molar-refractivity contribution is -0.154. The van der Waals surface area contributed by atoms with Crippen molar-refractivity contribution in [2.24, 2.45) is 0 Å². The van der Waals surface area contributed by atoms with Crippen LogP contribution in [0.15, 0.2) is 30.3 Å². The maximum Gasteiger partial charge on any atom is 0.325 e. The molecule has 1 N–H and O–H groups in total. The molecule has 0 saturated carbocycles. The normalized spacial score (nSPS) is 10.8. The third-order valence-corrected chi connectivity index (χ3v) is 2.06. The van der Waals surface area contributed by atoms with Gasteiger partial charge in [-0.1, -0.05) is 30.3 Å². The van der Waals surface area contributed by atoms with E-state index in [2.05, 4.69) is 5.32 Å². The van der Waals surface area contributed by atoms with Gasteiger partial charge in [-0.3, -0.25) is 9.59 Å². The van der Waals surface area contributed by atoms with Crippen molar-refractivity contribution in [1.29, 1.82) is 0 Å². The van der Waals surface area contributed by atoms with Gasteiger partial charge in [0.15, 0.2) is 0 Å². The molecule has 1 aromatic rings. The molecule has 0 aliphatic heterocycles. The van der Waals surface area contributed by atoms with Crippen LogP contribution in [-0.4, -0.2) is 24.0 Å². The van der Waals surface area contributed by atoms with Gasteiger partial charge in [0, 0.05) is 0 Å². The molecule has 0 aliphatic carbocycles. The van der Waals surface area contributed by atoms with Gasteiger partial charge < -0.3 is 10.1 Å². The molecule has 0 bridgehead atoms. The molecule has 4 heteroatoms. The maximum atomic E-state index is 11.6. The van der Waals surface area contributed by atoms with Gasteiger partial charge in [-0.2, -0.15) is 0 Å². The van der Waals surface area contributed by atoms with Crippen LogP contribution in [0.25, 0.3) is 0 Å². The summed E-state index contributed by atoms with van der Waals surface area (Å²) in [5.74, 6) is -0.615. The Hall–Kier alpha value is -1.84. The molecule has 1 aromatic carbocycles. The Morgan fingerprint density at radius 2 is 1.78 bits per heavy atom. The van der Waals surface area contributed by atoms with Crippen molar-refractivity contribution in [2.45, 2.75) is 32.8 Å². The average Bonchev–Trinajstić information content (AvgIpc) is 2.25. The fourth-order valence-electron chi connectivity index (χ4n) is 1.39. The van der Waals surface area contributed by atoms with E-state index in [0.29, 0.717) is 0 Å². The van der Waals surface area contributed by atoms with Gasteiger partial charge >= 0.3 is 5.97 Å². The highest BCUT2D eigenvalue weighted by atomic mass is 16.6. The Balaban J connectivity index is 2.32. The minimum Gasteiger partial charge on any atom is -0.459 e. The van der Waals surface area contributed by atoms with E-state index in [1.54, 1.807) is 20.8 Å². The number of carbonyl (C=O) groups excluding carboxylic acids is 2. The third kappa shape index (κ3) is 6.03. The zero-order valence-electron chi connectivity index (χ0n) is 11.0. The molecule has 98 valence electrons. The number of nitrogens with one attached hydrogen (secondary N) is 1. The molecule has 0 fully saturated rings. The highest BCUT2D eigenvalue weighted by molar-refractivity contribution is 5.83.